The Kier molecular flexibility index (Phi) is 6.23. The standard InChI is InChI=1S/C26H28ClN5O3/c1-16(2)14-30-24(34)21-12-9-18(23(33)28-20-5-3-4-6-20)13-22(21)32-25(30)29-31(26(32)35)15-17-7-10-19(27)11-8-17/h7-13,16,20H,3-6,14-15H2,1-2H3,(H,28,33). The number of amides is 1. The second-order valence-electron chi connectivity index (χ2n) is 9.70. The predicted octanol–water partition coefficient (Wildman–Crippen LogP) is 3.84. The van der Waals surface area contributed by atoms with E-state index in [0.717, 1.165) is 31.2 Å². The molecule has 0 radical (unpaired) electrons. The third kappa shape index (κ3) is 4.50. The number of nitrogens with one attached hydrogen (secondary N) is 1. The second-order valence-corrected chi connectivity index (χ2v) is 10.1. The molecule has 0 saturated heterocycles. The predicted molar refractivity (Wildman–Crippen MR) is 136 cm³/mol. The van der Waals surface area contributed by atoms with Crippen LogP contribution in [-0.4, -0.2) is 30.7 Å². The van der Waals surface area contributed by atoms with Gasteiger partial charge in [0.15, 0.2) is 0 Å². The Hall–Kier alpha value is -3.39. The summed E-state index contributed by atoms with van der Waals surface area (Å²) < 4.78 is 4.34. The van der Waals surface area contributed by atoms with Crippen LogP contribution in [0.4, 0.5) is 0 Å². The third-order valence-corrected chi connectivity index (χ3v) is 6.78. The van der Waals surface area contributed by atoms with Crippen LogP contribution in [0.25, 0.3) is 16.7 Å². The van der Waals surface area contributed by atoms with Gasteiger partial charge in [0.2, 0.25) is 5.78 Å². The van der Waals surface area contributed by atoms with Gasteiger partial charge in [0.05, 0.1) is 17.4 Å². The first-order valence-electron chi connectivity index (χ1n) is 12.0. The van der Waals surface area contributed by atoms with Gasteiger partial charge in [-0.3, -0.25) is 14.2 Å². The molecule has 2 aromatic heterocycles. The molecule has 1 N–H and O–H groups in total. The van der Waals surface area contributed by atoms with Crippen molar-refractivity contribution in [2.75, 3.05) is 0 Å². The molecular weight excluding hydrogens is 466 g/mol. The van der Waals surface area contributed by atoms with Crippen LogP contribution in [0.3, 0.4) is 0 Å². The SMILES string of the molecule is CC(C)Cn1c(=O)c2ccc(C(=O)NC3CCCC3)cc2n2c(=O)n(Cc3ccc(Cl)cc3)nc12. The lowest BCUT2D eigenvalue weighted by Crippen LogP contribution is -2.33. The van der Waals surface area contributed by atoms with Gasteiger partial charge < -0.3 is 5.32 Å². The molecular formula is C26H28ClN5O3. The molecule has 2 heterocycles. The first-order chi connectivity index (χ1) is 16.8. The van der Waals surface area contributed by atoms with Crippen LogP contribution in [0.15, 0.2) is 52.1 Å². The molecule has 2 aromatic carbocycles. The van der Waals surface area contributed by atoms with Gasteiger partial charge in [-0.25, -0.2) is 13.9 Å². The number of aromatic nitrogens is 4. The molecule has 1 aliphatic rings. The van der Waals surface area contributed by atoms with Gasteiger partial charge in [-0.15, -0.1) is 5.10 Å². The average molecular weight is 494 g/mol. The lowest BCUT2D eigenvalue weighted by molar-refractivity contribution is 0.0938. The molecule has 5 rings (SSSR count). The smallest absolute Gasteiger partial charge is 0.349 e. The fourth-order valence-electron chi connectivity index (χ4n) is 4.79. The number of nitrogens with zero attached hydrogens (tertiary/aromatic N) is 4. The number of carbonyl (C=O) groups excluding carboxylic acids is 1. The van der Waals surface area contributed by atoms with E-state index in [2.05, 4.69) is 10.4 Å². The molecule has 0 spiro atoms. The average Bonchev–Trinajstić information content (AvgIpc) is 3.45. The maximum Gasteiger partial charge on any atom is 0.352 e. The van der Waals surface area contributed by atoms with Gasteiger partial charge >= 0.3 is 5.69 Å². The van der Waals surface area contributed by atoms with Crippen molar-refractivity contribution in [3.05, 3.63) is 79.5 Å². The topological polar surface area (TPSA) is 90.4 Å². The Morgan fingerprint density at radius 2 is 1.83 bits per heavy atom. The first kappa shape index (κ1) is 23.4. The molecule has 1 fully saturated rings. The van der Waals surface area contributed by atoms with Crippen molar-refractivity contribution in [3.8, 4) is 0 Å². The normalized spacial score (nSPS) is 14.4. The Morgan fingerprint density at radius 3 is 2.51 bits per heavy atom. The summed E-state index contributed by atoms with van der Waals surface area (Å²) in [5.41, 5.74) is 1.07. The minimum Gasteiger partial charge on any atom is -0.349 e. The number of fused-ring (bicyclic) bond motifs is 3. The second kappa shape index (κ2) is 9.34. The van der Waals surface area contributed by atoms with Gasteiger partial charge in [-0.05, 0) is 54.7 Å². The van der Waals surface area contributed by atoms with E-state index < -0.39 is 0 Å². The van der Waals surface area contributed by atoms with E-state index in [4.69, 9.17) is 11.6 Å². The highest BCUT2D eigenvalue weighted by Gasteiger charge is 2.21. The molecule has 0 aliphatic heterocycles. The highest BCUT2D eigenvalue weighted by Crippen LogP contribution is 2.20. The Bertz CT molecular complexity index is 1530. The van der Waals surface area contributed by atoms with Gasteiger partial charge in [0, 0.05) is 23.2 Å². The summed E-state index contributed by atoms with van der Waals surface area (Å²) in [6.07, 6.45) is 4.17. The molecule has 0 unspecified atom stereocenters. The lowest BCUT2D eigenvalue weighted by atomic mass is 10.1. The van der Waals surface area contributed by atoms with Crippen LogP contribution in [0, 0.1) is 5.92 Å². The molecule has 8 nitrogen and oxygen atoms in total. The zero-order valence-electron chi connectivity index (χ0n) is 19.8. The van der Waals surface area contributed by atoms with Crippen molar-refractivity contribution in [1.82, 2.24) is 24.1 Å². The molecule has 1 amide bonds. The van der Waals surface area contributed by atoms with E-state index in [0.29, 0.717) is 28.0 Å². The van der Waals surface area contributed by atoms with E-state index in [9.17, 15) is 14.4 Å². The zero-order valence-corrected chi connectivity index (χ0v) is 20.6. The molecule has 35 heavy (non-hydrogen) atoms. The van der Waals surface area contributed by atoms with Crippen molar-refractivity contribution in [3.63, 3.8) is 0 Å². The minimum atomic E-state index is -0.370. The van der Waals surface area contributed by atoms with E-state index >= 15 is 0 Å². The molecule has 9 heteroatoms. The van der Waals surface area contributed by atoms with Crippen molar-refractivity contribution in [2.45, 2.75) is 58.7 Å². The van der Waals surface area contributed by atoms with E-state index in [1.165, 1.54) is 9.08 Å². The zero-order chi connectivity index (χ0) is 24.7. The fraction of sp³-hybridized carbons (Fsp3) is 0.385. The van der Waals surface area contributed by atoms with Crippen LogP contribution in [-0.2, 0) is 13.1 Å². The van der Waals surface area contributed by atoms with Gasteiger partial charge in [-0.2, -0.15) is 0 Å². The maximum absolute atomic E-state index is 13.5. The number of halogens is 1. The Labute approximate surface area is 207 Å². The van der Waals surface area contributed by atoms with E-state index in [1.54, 1.807) is 34.9 Å². The molecule has 182 valence electrons. The number of rotatable bonds is 6. The van der Waals surface area contributed by atoms with Crippen molar-refractivity contribution in [2.24, 2.45) is 5.92 Å². The van der Waals surface area contributed by atoms with Crippen LogP contribution >= 0.6 is 11.6 Å². The fourth-order valence-corrected chi connectivity index (χ4v) is 4.92. The Balaban J connectivity index is 1.67. The van der Waals surface area contributed by atoms with Crippen LogP contribution < -0.4 is 16.6 Å². The Morgan fingerprint density at radius 1 is 1.11 bits per heavy atom. The van der Waals surface area contributed by atoms with Crippen molar-refractivity contribution >= 4 is 34.2 Å². The lowest BCUT2D eigenvalue weighted by Gasteiger charge is -2.14. The number of benzene rings is 2. The summed E-state index contributed by atoms with van der Waals surface area (Å²) in [5, 5.41) is 8.61. The quantitative estimate of drug-likeness (QED) is 0.442. The van der Waals surface area contributed by atoms with Gasteiger partial charge in [0.25, 0.3) is 11.5 Å². The summed E-state index contributed by atoms with van der Waals surface area (Å²) in [6.45, 7) is 4.66. The monoisotopic (exact) mass is 493 g/mol. The van der Waals surface area contributed by atoms with Gasteiger partial charge in [-0.1, -0.05) is 50.4 Å². The summed E-state index contributed by atoms with van der Waals surface area (Å²) >= 11 is 6.00. The first-order valence-corrected chi connectivity index (χ1v) is 12.4. The third-order valence-electron chi connectivity index (χ3n) is 6.52. The minimum absolute atomic E-state index is 0.168. The highest BCUT2D eigenvalue weighted by atomic mass is 35.5. The largest absolute Gasteiger partial charge is 0.352 e. The summed E-state index contributed by atoms with van der Waals surface area (Å²) in [7, 11) is 0. The van der Waals surface area contributed by atoms with Crippen molar-refractivity contribution in [1.29, 1.82) is 0 Å². The number of hydrogen-bond acceptors (Lipinski definition) is 4. The van der Waals surface area contributed by atoms with Gasteiger partial charge in [0.1, 0.15) is 0 Å². The summed E-state index contributed by atoms with van der Waals surface area (Å²) in [6, 6.07) is 12.3. The molecule has 1 aliphatic carbocycles. The summed E-state index contributed by atoms with van der Waals surface area (Å²) in [4.78, 5) is 39.9. The maximum atomic E-state index is 13.5. The van der Waals surface area contributed by atoms with Crippen LogP contribution in [0.2, 0.25) is 5.02 Å². The van der Waals surface area contributed by atoms with Crippen LogP contribution in [0.1, 0.15) is 55.5 Å². The number of hydrogen-bond donors (Lipinski definition) is 1. The highest BCUT2D eigenvalue weighted by molar-refractivity contribution is 6.30. The van der Waals surface area contributed by atoms with E-state index in [-0.39, 0.29) is 41.4 Å². The molecule has 1 saturated carbocycles. The molecule has 4 aromatic rings. The molecule has 0 bridgehead atoms. The summed E-state index contributed by atoms with van der Waals surface area (Å²) in [5.74, 6) is 0.241. The van der Waals surface area contributed by atoms with Crippen LogP contribution in [0.5, 0.6) is 0 Å². The van der Waals surface area contributed by atoms with E-state index in [1.807, 2.05) is 26.0 Å². The van der Waals surface area contributed by atoms with Crippen molar-refractivity contribution < 1.29 is 4.79 Å². The molecule has 0 atom stereocenters. The number of carbonyl (C=O) groups is 1.